The van der Waals surface area contributed by atoms with Gasteiger partial charge in [-0.05, 0) is 42.3 Å². The molecule has 1 aromatic carbocycles. The van der Waals surface area contributed by atoms with Crippen molar-refractivity contribution in [2.45, 2.75) is 12.8 Å². The first-order valence-corrected chi connectivity index (χ1v) is 6.40. The maximum Gasteiger partial charge on any atom is 0.190 e. The fourth-order valence-corrected chi connectivity index (χ4v) is 1.88. The number of pyridine rings is 1. The fraction of sp³-hybridized carbons (Fsp3) is 0.267. The van der Waals surface area contributed by atoms with Crippen molar-refractivity contribution in [3.63, 3.8) is 0 Å². The quantitative estimate of drug-likeness (QED) is 0.883. The third-order valence-corrected chi connectivity index (χ3v) is 2.85. The normalized spacial score (nSPS) is 10.6. The Morgan fingerprint density at radius 1 is 1.10 bits per heavy atom. The molecule has 0 unspecified atom stereocenters. The Bertz CT molecular complexity index is 538. The predicted octanol–water partition coefficient (Wildman–Crippen LogP) is 2.48. The highest BCUT2D eigenvalue weighted by Gasteiger charge is 2.12. The minimum absolute atomic E-state index is 0.190. The highest BCUT2D eigenvalue weighted by molar-refractivity contribution is 5.31. The van der Waals surface area contributed by atoms with E-state index in [2.05, 4.69) is 4.98 Å². The molecular weight excluding hydrogens is 262 g/mol. The molecule has 0 spiro atoms. The van der Waals surface area contributed by atoms with Crippen LogP contribution in [0.2, 0.25) is 0 Å². The average molecular weight is 278 g/mol. The Balaban J connectivity index is 1.99. The third-order valence-electron chi connectivity index (χ3n) is 2.85. The maximum atomic E-state index is 13.7. The van der Waals surface area contributed by atoms with E-state index in [0.29, 0.717) is 24.9 Å². The van der Waals surface area contributed by atoms with Gasteiger partial charge in [0.25, 0.3) is 0 Å². The highest BCUT2D eigenvalue weighted by atomic mass is 19.1. The zero-order valence-electron chi connectivity index (χ0n) is 11.0. The van der Waals surface area contributed by atoms with Gasteiger partial charge in [0, 0.05) is 18.8 Å². The van der Waals surface area contributed by atoms with Gasteiger partial charge >= 0.3 is 0 Å². The number of ether oxygens (including phenoxy) is 1. The molecule has 0 aliphatic heterocycles. The molecule has 20 heavy (non-hydrogen) atoms. The van der Waals surface area contributed by atoms with E-state index in [-0.39, 0.29) is 12.4 Å². The van der Waals surface area contributed by atoms with E-state index in [4.69, 9.17) is 10.5 Å². The Morgan fingerprint density at radius 2 is 1.85 bits per heavy atom. The summed E-state index contributed by atoms with van der Waals surface area (Å²) in [5, 5.41) is 0. The Morgan fingerprint density at radius 3 is 2.45 bits per heavy atom. The summed E-state index contributed by atoms with van der Waals surface area (Å²) in [5.74, 6) is -1.73. The maximum absolute atomic E-state index is 13.7. The number of rotatable bonds is 6. The van der Waals surface area contributed by atoms with Crippen LogP contribution in [0, 0.1) is 11.6 Å². The van der Waals surface area contributed by atoms with Crippen LogP contribution in [0.25, 0.3) is 0 Å². The Hall–Kier alpha value is -2.01. The molecule has 2 aromatic rings. The lowest BCUT2D eigenvalue weighted by atomic mass is 10.1. The second kappa shape index (κ2) is 6.96. The van der Waals surface area contributed by atoms with Crippen molar-refractivity contribution in [1.29, 1.82) is 0 Å². The molecule has 0 amide bonds. The second-order valence-electron chi connectivity index (χ2n) is 4.39. The number of halogens is 2. The third kappa shape index (κ3) is 3.74. The summed E-state index contributed by atoms with van der Waals surface area (Å²) < 4.78 is 32.7. The SMILES string of the molecule is NCCc1cc(F)c(OCCc2cccnc2)c(F)c1. The molecule has 0 fully saturated rings. The predicted molar refractivity (Wildman–Crippen MR) is 72.6 cm³/mol. The van der Waals surface area contributed by atoms with E-state index in [1.165, 1.54) is 12.1 Å². The van der Waals surface area contributed by atoms with Crippen LogP contribution in [0.1, 0.15) is 11.1 Å². The second-order valence-corrected chi connectivity index (χ2v) is 4.39. The van der Waals surface area contributed by atoms with E-state index < -0.39 is 11.6 Å². The highest BCUT2D eigenvalue weighted by Crippen LogP contribution is 2.23. The largest absolute Gasteiger partial charge is 0.487 e. The smallest absolute Gasteiger partial charge is 0.190 e. The molecule has 0 bridgehead atoms. The van der Waals surface area contributed by atoms with Crippen LogP contribution in [-0.4, -0.2) is 18.1 Å². The van der Waals surface area contributed by atoms with Gasteiger partial charge in [-0.15, -0.1) is 0 Å². The molecule has 0 saturated carbocycles. The first kappa shape index (κ1) is 14.4. The van der Waals surface area contributed by atoms with E-state index in [1.807, 2.05) is 6.07 Å². The monoisotopic (exact) mass is 278 g/mol. The van der Waals surface area contributed by atoms with E-state index >= 15 is 0 Å². The lowest BCUT2D eigenvalue weighted by molar-refractivity contribution is 0.288. The molecule has 0 radical (unpaired) electrons. The first-order chi connectivity index (χ1) is 9.70. The van der Waals surface area contributed by atoms with Crippen LogP contribution in [-0.2, 0) is 12.8 Å². The van der Waals surface area contributed by atoms with Crippen LogP contribution in [0.15, 0.2) is 36.7 Å². The molecule has 2 N–H and O–H groups in total. The van der Waals surface area contributed by atoms with Gasteiger partial charge in [-0.25, -0.2) is 8.78 Å². The van der Waals surface area contributed by atoms with Gasteiger partial charge < -0.3 is 10.5 Å². The molecule has 5 heteroatoms. The van der Waals surface area contributed by atoms with Gasteiger partial charge in [-0.2, -0.15) is 0 Å². The number of nitrogens with two attached hydrogens (primary N) is 1. The van der Waals surface area contributed by atoms with Crippen molar-refractivity contribution in [2.75, 3.05) is 13.2 Å². The van der Waals surface area contributed by atoms with Gasteiger partial charge in [0.05, 0.1) is 6.61 Å². The molecule has 0 atom stereocenters. The summed E-state index contributed by atoms with van der Waals surface area (Å²) in [6, 6.07) is 6.20. The van der Waals surface area contributed by atoms with Crippen LogP contribution in [0.5, 0.6) is 5.75 Å². The van der Waals surface area contributed by atoms with Crippen LogP contribution < -0.4 is 10.5 Å². The molecule has 106 valence electrons. The molecule has 0 saturated heterocycles. The minimum atomic E-state index is -0.695. The van der Waals surface area contributed by atoms with Gasteiger partial charge in [0.2, 0.25) is 0 Å². The molecule has 0 aliphatic carbocycles. The van der Waals surface area contributed by atoms with Crippen LogP contribution >= 0.6 is 0 Å². The number of aromatic nitrogens is 1. The zero-order valence-corrected chi connectivity index (χ0v) is 11.0. The van der Waals surface area contributed by atoms with Gasteiger partial charge in [-0.3, -0.25) is 4.98 Å². The van der Waals surface area contributed by atoms with Gasteiger partial charge in [0.15, 0.2) is 17.4 Å². The lowest BCUT2D eigenvalue weighted by Crippen LogP contribution is -2.07. The van der Waals surface area contributed by atoms with Crippen molar-refractivity contribution >= 4 is 0 Å². The fourth-order valence-electron chi connectivity index (χ4n) is 1.88. The average Bonchev–Trinajstić information content (AvgIpc) is 2.43. The summed E-state index contributed by atoms with van der Waals surface area (Å²) in [4.78, 5) is 3.96. The van der Waals surface area contributed by atoms with Crippen molar-refractivity contribution < 1.29 is 13.5 Å². The Kier molecular flexibility index (Phi) is 5.01. The van der Waals surface area contributed by atoms with E-state index in [9.17, 15) is 8.78 Å². The zero-order chi connectivity index (χ0) is 14.4. The summed E-state index contributed by atoms with van der Waals surface area (Å²) in [7, 11) is 0. The van der Waals surface area contributed by atoms with Crippen molar-refractivity contribution in [3.05, 3.63) is 59.4 Å². The number of benzene rings is 1. The molecule has 1 heterocycles. The molecule has 2 rings (SSSR count). The standard InChI is InChI=1S/C15H16F2N2O/c16-13-8-12(3-5-18)9-14(17)15(13)20-7-4-11-2-1-6-19-10-11/h1-2,6,8-10H,3-5,7,18H2. The van der Waals surface area contributed by atoms with E-state index in [1.54, 1.807) is 18.5 Å². The summed E-state index contributed by atoms with van der Waals surface area (Å²) >= 11 is 0. The Labute approximate surface area is 116 Å². The molecule has 1 aromatic heterocycles. The number of hydrogen-bond acceptors (Lipinski definition) is 3. The van der Waals surface area contributed by atoms with Crippen molar-refractivity contribution in [2.24, 2.45) is 5.73 Å². The summed E-state index contributed by atoms with van der Waals surface area (Å²) in [6.45, 7) is 0.538. The molecule has 0 aliphatic rings. The topological polar surface area (TPSA) is 48.1 Å². The first-order valence-electron chi connectivity index (χ1n) is 6.40. The lowest BCUT2D eigenvalue weighted by Gasteiger charge is -2.10. The van der Waals surface area contributed by atoms with Crippen molar-refractivity contribution in [1.82, 2.24) is 4.98 Å². The molecule has 3 nitrogen and oxygen atoms in total. The van der Waals surface area contributed by atoms with Crippen molar-refractivity contribution in [3.8, 4) is 5.75 Å². The summed E-state index contributed by atoms with van der Waals surface area (Å²) in [5.41, 5.74) is 6.84. The number of hydrogen-bond donors (Lipinski definition) is 1. The van der Waals surface area contributed by atoms with Gasteiger partial charge in [0.1, 0.15) is 0 Å². The number of nitrogens with zero attached hydrogens (tertiary/aromatic N) is 1. The van der Waals surface area contributed by atoms with Gasteiger partial charge in [-0.1, -0.05) is 6.07 Å². The molecular formula is C15H16F2N2O. The van der Waals surface area contributed by atoms with Crippen LogP contribution in [0.3, 0.4) is 0 Å². The minimum Gasteiger partial charge on any atom is -0.487 e. The van der Waals surface area contributed by atoms with E-state index in [0.717, 1.165) is 5.56 Å². The summed E-state index contributed by atoms with van der Waals surface area (Å²) in [6.07, 6.45) is 4.33. The van der Waals surface area contributed by atoms with Crippen LogP contribution in [0.4, 0.5) is 8.78 Å².